The van der Waals surface area contributed by atoms with E-state index in [-0.39, 0.29) is 28.4 Å². The number of sulfonamides is 1. The maximum absolute atomic E-state index is 13.3. The van der Waals surface area contributed by atoms with Crippen LogP contribution in [0.2, 0.25) is 0 Å². The van der Waals surface area contributed by atoms with Crippen molar-refractivity contribution in [3.8, 4) is 0 Å². The van der Waals surface area contributed by atoms with Crippen LogP contribution in [0.4, 0.5) is 4.39 Å². The summed E-state index contributed by atoms with van der Waals surface area (Å²) < 4.78 is 64.5. The van der Waals surface area contributed by atoms with E-state index in [0.717, 1.165) is 6.26 Å². The van der Waals surface area contributed by atoms with Gasteiger partial charge in [0.15, 0.2) is 9.84 Å². The van der Waals surface area contributed by atoms with Gasteiger partial charge in [-0.15, -0.1) is 0 Å². The highest BCUT2D eigenvalue weighted by atomic mass is 32.2. The second-order valence-electron chi connectivity index (χ2n) is 7.53. The Balaban J connectivity index is 1.71. The normalized spacial score (nSPS) is 11.8. The molecule has 0 aliphatic rings. The van der Waals surface area contributed by atoms with E-state index in [9.17, 15) is 26.0 Å². The van der Waals surface area contributed by atoms with E-state index in [1.165, 1.54) is 42.5 Å². The van der Waals surface area contributed by atoms with Crippen LogP contribution in [0.1, 0.15) is 27.0 Å². The number of sulfone groups is 1. The molecular weight excluding hydrogens is 467 g/mol. The summed E-state index contributed by atoms with van der Waals surface area (Å²) in [5, 5.41) is 2.69. The third-order valence-electron chi connectivity index (χ3n) is 4.90. The first-order valence-corrected chi connectivity index (χ1v) is 13.2. The van der Waals surface area contributed by atoms with Gasteiger partial charge in [0.2, 0.25) is 10.0 Å². The number of carbonyl (C=O) groups excluding carboxylic acids is 1. The van der Waals surface area contributed by atoms with Gasteiger partial charge < -0.3 is 5.32 Å². The van der Waals surface area contributed by atoms with Crippen molar-refractivity contribution in [2.45, 2.75) is 29.8 Å². The van der Waals surface area contributed by atoms with Gasteiger partial charge in [-0.2, -0.15) is 0 Å². The molecule has 0 spiro atoms. The zero-order valence-corrected chi connectivity index (χ0v) is 19.6. The molecule has 3 aromatic rings. The molecule has 0 heterocycles. The molecule has 0 unspecified atom stereocenters. The van der Waals surface area contributed by atoms with E-state index < -0.39 is 31.6 Å². The Bertz CT molecular complexity index is 1400. The van der Waals surface area contributed by atoms with Crippen molar-refractivity contribution < 1.29 is 26.0 Å². The van der Waals surface area contributed by atoms with Crippen LogP contribution in [0.3, 0.4) is 0 Å². The molecule has 0 radical (unpaired) electrons. The first kappa shape index (κ1) is 24.6. The van der Waals surface area contributed by atoms with Gasteiger partial charge in [0.25, 0.3) is 5.91 Å². The molecule has 0 fully saturated rings. The molecule has 1 amide bonds. The number of amides is 1. The number of benzene rings is 3. The summed E-state index contributed by atoms with van der Waals surface area (Å²) in [7, 11) is -7.33. The van der Waals surface area contributed by atoms with E-state index in [1.54, 1.807) is 31.2 Å². The van der Waals surface area contributed by atoms with Crippen molar-refractivity contribution in [3.63, 3.8) is 0 Å². The summed E-state index contributed by atoms with van der Waals surface area (Å²) in [5.41, 5.74) is 1.85. The Hall–Kier alpha value is -3.08. The molecule has 10 heteroatoms. The molecule has 33 heavy (non-hydrogen) atoms. The Morgan fingerprint density at radius 1 is 0.848 bits per heavy atom. The maximum atomic E-state index is 13.3. The first-order valence-electron chi connectivity index (χ1n) is 9.88. The van der Waals surface area contributed by atoms with Crippen LogP contribution in [0.25, 0.3) is 0 Å². The Morgan fingerprint density at radius 2 is 1.52 bits per heavy atom. The van der Waals surface area contributed by atoms with E-state index in [2.05, 4.69) is 10.0 Å². The Kier molecular flexibility index (Phi) is 7.31. The summed E-state index contributed by atoms with van der Waals surface area (Å²) in [6.45, 7) is 1.66. The summed E-state index contributed by atoms with van der Waals surface area (Å²) in [5.74, 6) is -0.933. The third-order valence-corrected chi connectivity index (χ3v) is 7.41. The molecule has 2 N–H and O–H groups in total. The van der Waals surface area contributed by atoms with E-state index in [1.807, 2.05) is 0 Å². The van der Waals surface area contributed by atoms with Gasteiger partial charge in [0.1, 0.15) is 5.82 Å². The van der Waals surface area contributed by atoms with Crippen LogP contribution in [-0.2, 0) is 33.0 Å². The van der Waals surface area contributed by atoms with Gasteiger partial charge in [-0.3, -0.25) is 4.79 Å². The van der Waals surface area contributed by atoms with Crippen molar-refractivity contribution in [2.24, 2.45) is 0 Å². The van der Waals surface area contributed by atoms with Crippen molar-refractivity contribution >= 4 is 25.8 Å². The molecule has 0 bridgehead atoms. The number of nitrogens with one attached hydrogen (secondary N) is 2. The van der Waals surface area contributed by atoms with E-state index >= 15 is 0 Å². The molecular formula is C23H23FN2O5S2. The first-order chi connectivity index (χ1) is 15.5. The highest BCUT2D eigenvalue weighted by Crippen LogP contribution is 2.17. The van der Waals surface area contributed by atoms with Crippen LogP contribution in [0.5, 0.6) is 0 Å². The number of rotatable bonds is 8. The van der Waals surface area contributed by atoms with Crippen LogP contribution < -0.4 is 10.0 Å². The van der Waals surface area contributed by atoms with Crippen LogP contribution in [0.15, 0.2) is 76.5 Å². The van der Waals surface area contributed by atoms with Gasteiger partial charge in [-0.25, -0.2) is 25.9 Å². The highest BCUT2D eigenvalue weighted by Gasteiger charge is 2.16. The van der Waals surface area contributed by atoms with Crippen molar-refractivity contribution in [2.75, 3.05) is 6.26 Å². The van der Waals surface area contributed by atoms with E-state index in [4.69, 9.17) is 0 Å². The molecule has 0 atom stereocenters. The summed E-state index contributed by atoms with van der Waals surface area (Å²) in [6, 6.07) is 16.0. The summed E-state index contributed by atoms with van der Waals surface area (Å²) >= 11 is 0. The molecule has 7 nitrogen and oxygen atoms in total. The Morgan fingerprint density at radius 3 is 2.18 bits per heavy atom. The summed E-state index contributed by atoms with van der Waals surface area (Å²) in [4.78, 5) is 12.7. The minimum atomic E-state index is -3.87. The van der Waals surface area contributed by atoms with E-state index in [0.29, 0.717) is 16.7 Å². The number of aryl methyl sites for hydroxylation is 1. The predicted octanol–water partition coefficient (Wildman–Crippen LogP) is 2.95. The monoisotopic (exact) mass is 490 g/mol. The summed E-state index contributed by atoms with van der Waals surface area (Å²) in [6.07, 6.45) is 1.06. The third kappa shape index (κ3) is 6.47. The number of carbonyl (C=O) groups is 1. The van der Waals surface area contributed by atoms with Gasteiger partial charge in [0, 0.05) is 24.9 Å². The zero-order chi connectivity index (χ0) is 24.2. The molecule has 0 saturated heterocycles. The standard InChI is InChI=1S/C23H23FN2O5S2/c1-16-9-10-20(32(2,28)29)13-22(16)23(27)25-14-18-6-4-8-21(12-18)33(30,31)26-15-17-5-3-7-19(24)11-17/h3-13,26H,14-15H2,1-2H3,(H,25,27). The molecule has 0 aromatic heterocycles. The van der Waals surface area contributed by atoms with Crippen LogP contribution in [0, 0.1) is 12.7 Å². The van der Waals surface area contributed by atoms with Crippen molar-refractivity contribution in [3.05, 3.63) is 94.8 Å². The van der Waals surface area contributed by atoms with Crippen LogP contribution in [-0.4, -0.2) is 29.0 Å². The second kappa shape index (κ2) is 9.82. The lowest BCUT2D eigenvalue weighted by atomic mass is 10.1. The maximum Gasteiger partial charge on any atom is 0.251 e. The van der Waals surface area contributed by atoms with Gasteiger partial charge in [0.05, 0.1) is 9.79 Å². The average molecular weight is 491 g/mol. The minimum absolute atomic E-state index is 0.000839. The molecule has 0 saturated carbocycles. The fourth-order valence-corrected chi connectivity index (χ4v) is 4.82. The fraction of sp³-hybridized carbons (Fsp3) is 0.174. The largest absolute Gasteiger partial charge is 0.348 e. The molecule has 3 aromatic carbocycles. The average Bonchev–Trinajstić information content (AvgIpc) is 2.76. The SMILES string of the molecule is Cc1ccc(S(C)(=O)=O)cc1C(=O)NCc1cccc(S(=O)(=O)NCc2cccc(F)c2)c1. The lowest BCUT2D eigenvalue weighted by molar-refractivity contribution is 0.0950. The lowest BCUT2D eigenvalue weighted by Gasteiger charge is -2.11. The second-order valence-corrected chi connectivity index (χ2v) is 11.3. The number of halogens is 1. The fourth-order valence-electron chi connectivity index (χ4n) is 3.09. The predicted molar refractivity (Wildman–Crippen MR) is 122 cm³/mol. The molecule has 0 aliphatic carbocycles. The molecule has 3 rings (SSSR count). The smallest absolute Gasteiger partial charge is 0.251 e. The Labute approximate surface area is 192 Å². The topological polar surface area (TPSA) is 109 Å². The quantitative estimate of drug-likeness (QED) is 0.505. The van der Waals surface area contributed by atoms with Crippen LogP contribution >= 0.6 is 0 Å². The van der Waals surface area contributed by atoms with Gasteiger partial charge >= 0.3 is 0 Å². The lowest BCUT2D eigenvalue weighted by Crippen LogP contribution is -2.25. The molecule has 174 valence electrons. The van der Waals surface area contributed by atoms with Crippen molar-refractivity contribution in [1.82, 2.24) is 10.0 Å². The van der Waals surface area contributed by atoms with Crippen molar-refractivity contribution in [1.29, 1.82) is 0 Å². The zero-order valence-electron chi connectivity index (χ0n) is 18.0. The minimum Gasteiger partial charge on any atom is -0.348 e. The molecule has 0 aliphatic heterocycles. The number of hydrogen-bond acceptors (Lipinski definition) is 5. The van der Waals surface area contributed by atoms with Gasteiger partial charge in [-0.1, -0.05) is 30.3 Å². The number of hydrogen-bond donors (Lipinski definition) is 2. The highest BCUT2D eigenvalue weighted by molar-refractivity contribution is 7.90. The van der Waals surface area contributed by atoms with Gasteiger partial charge in [-0.05, 0) is 60.0 Å².